The zero-order valence-electron chi connectivity index (χ0n) is 21.3. The van der Waals surface area contributed by atoms with Crippen LogP contribution in [0.1, 0.15) is 28.8 Å². The molecule has 2 aliphatic rings. The Balaban J connectivity index is 0.000000470. The number of amides is 1. The van der Waals surface area contributed by atoms with Crippen molar-refractivity contribution >= 4 is 23.5 Å². The Hall–Kier alpha value is -3.63. The molecule has 212 valence electrons. The van der Waals surface area contributed by atoms with Crippen LogP contribution in [-0.4, -0.2) is 59.1 Å². The SMILES string of the molecule is O=C(O)C(F)(F)F.O=C(c1ccc(Cl)cc1)N1CCC2(CC1)CN(Cc1ccc(F)c(Oc3ccccc3)c1)C2. The van der Waals surface area contributed by atoms with Gasteiger partial charge in [-0.05, 0) is 72.4 Å². The zero-order chi connectivity index (χ0) is 28.9. The monoisotopic (exact) mass is 578 g/mol. The number of hydrogen-bond donors (Lipinski definition) is 1. The fourth-order valence-electron chi connectivity index (χ4n) is 4.89. The lowest BCUT2D eigenvalue weighted by Gasteiger charge is -2.54. The molecule has 40 heavy (non-hydrogen) atoms. The molecule has 3 aromatic carbocycles. The van der Waals surface area contributed by atoms with Gasteiger partial charge in [0.05, 0.1) is 0 Å². The number of carbonyl (C=O) groups excluding carboxylic acids is 1. The number of carboxylic acid groups (broad SMARTS) is 1. The van der Waals surface area contributed by atoms with Crippen LogP contribution in [0.3, 0.4) is 0 Å². The Labute approximate surface area is 233 Å². The van der Waals surface area contributed by atoms with E-state index in [0.717, 1.165) is 51.1 Å². The van der Waals surface area contributed by atoms with Gasteiger partial charge in [-0.2, -0.15) is 13.2 Å². The van der Waals surface area contributed by atoms with Crippen LogP contribution in [0, 0.1) is 11.2 Å². The number of halogens is 5. The molecule has 2 fully saturated rings. The first-order chi connectivity index (χ1) is 18.9. The summed E-state index contributed by atoms with van der Waals surface area (Å²) in [6, 6.07) is 21.5. The topological polar surface area (TPSA) is 70.1 Å². The van der Waals surface area contributed by atoms with Gasteiger partial charge < -0.3 is 14.7 Å². The van der Waals surface area contributed by atoms with Crippen molar-refractivity contribution in [2.75, 3.05) is 26.2 Å². The molecule has 0 atom stereocenters. The Morgan fingerprint density at radius 1 is 0.950 bits per heavy atom. The smallest absolute Gasteiger partial charge is 0.475 e. The van der Waals surface area contributed by atoms with Gasteiger partial charge >= 0.3 is 12.1 Å². The van der Waals surface area contributed by atoms with E-state index in [-0.39, 0.29) is 22.9 Å². The highest BCUT2D eigenvalue weighted by atomic mass is 35.5. The average molecular weight is 579 g/mol. The van der Waals surface area contributed by atoms with E-state index in [1.807, 2.05) is 41.3 Å². The molecule has 11 heteroatoms. The van der Waals surface area contributed by atoms with Crippen LogP contribution < -0.4 is 4.74 Å². The minimum Gasteiger partial charge on any atom is -0.475 e. The zero-order valence-corrected chi connectivity index (χ0v) is 22.1. The maximum absolute atomic E-state index is 14.2. The van der Waals surface area contributed by atoms with Crippen molar-refractivity contribution < 1.29 is 37.0 Å². The largest absolute Gasteiger partial charge is 0.490 e. The van der Waals surface area contributed by atoms with Crippen LogP contribution in [0.5, 0.6) is 11.5 Å². The molecule has 0 radical (unpaired) electrons. The normalized spacial score (nSPS) is 16.5. The van der Waals surface area contributed by atoms with Crippen molar-refractivity contribution in [3.63, 3.8) is 0 Å². The number of carbonyl (C=O) groups is 2. The minimum atomic E-state index is -5.08. The summed E-state index contributed by atoms with van der Waals surface area (Å²) in [5, 5.41) is 7.76. The van der Waals surface area contributed by atoms with Gasteiger partial charge in [-0.3, -0.25) is 9.69 Å². The maximum atomic E-state index is 14.2. The number of aliphatic carboxylic acids is 1. The second-order valence-corrected chi connectivity index (χ2v) is 10.4. The van der Waals surface area contributed by atoms with E-state index in [4.69, 9.17) is 26.2 Å². The van der Waals surface area contributed by atoms with Gasteiger partial charge in [-0.25, -0.2) is 9.18 Å². The summed E-state index contributed by atoms with van der Waals surface area (Å²) in [5.74, 6) is -2.16. The Kier molecular flexibility index (Phi) is 9.00. The number of alkyl halides is 3. The molecule has 2 saturated heterocycles. The van der Waals surface area contributed by atoms with Gasteiger partial charge in [0.15, 0.2) is 11.6 Å². The summed E-state index contributed by atoms with van der Waals surface area (Å²) in [4.78, 5) is 26.0. The molecule has 1 N–H and O–H groups in total. The molecule has 0 aliphatic carbocycles. The molecular weight excluding hydrogens is 552 g/mol. The number of nitrogens with zero attached hydrogens (tertiary/aromatic N) is 2. The number of rotatable bonds is 5. The minimum absolute atomic E-state index is 0.0787. The van der Waals surface area contributed by atoms with E-state index in [1.165, 1.54) is 6.07 Å². The standard InChI is InChI=1S/C27H26ClFN2O2.C2HF3O2/c28-22-9-7-21(8-10-22)26(32)31-14-12-27(13-15-31)18-30(19-27)17-20-6-11-24(29)25(16-20)33-23-4-2-1-3-5-23;3-2(4,5)1(6)7/h1-11,16H,12-15,17-19H2;(H,6,7). The van der Waals surface area contributed by atoms with Crippen molar-refractivity contribution in [3.05, 3.63) is 94.8 Å². The first-order valence-electron chi connectivity index (χ1n) is 12.5. The molecule has 2 aliphatic heterocycles. The van der Waals surface area contributed by atoms with Gasteiger partial charge in [-0.15, -0.1) is 0 Å². The van der Waals surface area contributed by atoms with Gasteiger partial charge in [0.1, 0.15) is 5.75 Å². The molecule has 0 unspecified atom stereocenters. The first-order valence-corrected chi connectivity index (χ1v) is 12.9. The molecule has 1 amide bonds. The fourth-order valence-corrected chi connectivity index (χ4v) is 5.01. The predicted molar refractivity (Wildman–Crippen MR) is 141 cm³/mol. The Morgan fingerprint density at radius 2 is 1.55 bits per heavy atom. The lowest BCUT2D eigenvalue weighted by Crippen LogP contribution is -2.60. The van der Waals surface area contributed by atoms with E-state index >= 15 is 0 Å². The number of para-hydroxylation sites is 1. The third-order valence-corrected chi connectivity index (χ3v) is 7.19. The number of hydrogen-bond acceptors (Lipinski definition) is 4. The van der Waals surface area contributed by atoms with Crippen molar-refractivity contribution in [1.29, 1.82) is 0 Å². The fraction of sp³-hybridized carbons (Fsp3) is 0.310. The van der Waals surface area contributed by atoms with Crippen LogP contribution in [-0.2, 0) is 11.3 Å². The van der Waals surface area contributed by atoms with E-state index in [9.17, 15) is 22.4 Å². The van der Waals surface area contributed by atoms with E-state index in [1.54, 1.807) is 30.3 Å². The third kappa shape index (κ3) is 7.51. The molecule has 1 spiro atoms. The summed E-state index contributed by atoms with van der Waals surface area (Å²) in [5.41, 5.74) is 2.00. The molecule has 5 rings (SSSR count). The van der Waals surface area contributed by atoms with Crippen molar-refractivity contribution in [2.45, 2.75) is 25.6 Å². The van der Waals surface area contributed by atoms with Crippen LogP contribution in [0.4, 0.5) is 17.6 Å². The quantitative estimate of drug-likeness (QED) is 0.344. The van der Waals surface area contributed by atoms with Gasteiger partial charge in [-0.1, -0.05) is 35.9 Å². The molecule has 6 nitrogen and oxygen atoms in total. The van der Waals surface area contributed by atoms with E-state index in [2.05, 4.69) is 4.90 Å². The summed E-state index contributed by atoms with van der Waals surface area (Å²) in [7, 11) is 0. The molecular formula is C29H27ClF4N2O4. The number of ether oxygens (including phenoxy) is 1. The van der Waals surface area contributed by atoms with Crippen molar-refractivity contribution in [2.24, 2.45) is 5.41 Å². The Morgan fingerprint density at radius 3 is 2.12 bits per heavy atom. The highest BCUT2D eigenvalue weighted by molar-refractivity contribution is 6.30. The van der Waals surface area contributed by atoms with E-state index in [0.29, 0.717) is 16.3 Å². The Bertz CT molecular complexity index is 1320. The highest BCUT2D eigenvalue weighted by Gasteiger charge is 2.45. The number of likely N-dealkylation sites (tertiary alicyclic amines) is 2. The highest BCUT2D eigenvalue weighted by Crippen LogP contribution is 2.41. The second-order valence-electron chi connectivity index (χ2n) is 9.93. The predicted octanol–water partition coefficient (Wildman–Crippen LogP) is 6.64. The summed E-state index contributed by atoms with van der Waals surface area (Å²) in [6.45, 7) is 4.33. The van der Waals surface area contributed by atoms with Crippen LogP contribution >= 0.6 is 11.6 Å². The third-order valence-electron chi connectivity index (χ3n) is 6.94. The van der Waals surface area contributed by atoms with Crippen LogP contribution in [0.15, 0.2) is 72.8 Å². The number of benzene rings is 3. The molecule has 3 aromatic rings. The lowest BCUT2D eigenvalue weighted by molar-refractivity contribution is -0.192. The van der Waals surface area contributed by atoms with Crippen molar-refractivity contribution in [1.82, 2.24) is 9.80 Å². The van der Waals surface area contributed by atoms with Gasteiger partial charge in [0.2, 0.25) is 0 Å². The summed E-state index contributed by atoms with van der Waals surface area (Å²) in [6.07, 6.45) is -3.07. The summed E-state index contributed by atoms with van der Waals surface area (Å²) >= 11 is 5.94. The average Bonchev–Trinajstić information content (AvgIpc) is 2.90. The van der Waals surface area contributed by atoms with Gasteiger partial charge in [0.25, 0.3) is 5.91 Å². The van der Waals surface area contributed by atoms with Crippen LogP contribution in [0.2, 0.25) is 5.02 Å². The number of carboxylic acids is 1. The summed E-state index contributed by atoms with van der Waals surface area (Å²) < 4.78 is 51.7. The first kappa shape index (κ1) is 29.4. The van der Waals surface area contributed by atoms with Crippen LogP contribution in [0.25, 0.3) is 0 Å². The second kappa shape index (κ2) is 12.3. The number of piperidine rings is 1. The lowest BCUT2D eigenvalue weighted by atomic mass is 9.72. The molecule has 0 aromatic heterocycles. The maximum Gasteiger partial charge on any atom is 0.490 e. The molecule has 0 saturated carbocycles. The van der Waals surface area contributed by atoms with E-state index < -0.39 is 12.1 Å². The molecule has 2 heterocycles. The van der Waals surface area contributed by atoms with Gasteiger partial charge in [0, 0.05) is 43.3 Å². The molecule has 0 bridgehead atoms. The van der Waals surface area contributed by atoms with Crippen molar-refractivity contribution in [3.8, 4) is 11.5 Å².